The van der Waals surface area contributed by atoms with Gasteiger partial charge in [0.05, 0.1) is 6.10 Å². The Bertz CT molecular complexity index is 205. The maximum absolute atomic E-state index is 5.67. The highest BCUT2D eigenvalue weighted by Crippen LogP contribution is 2.31. The molecule has 1 saturated carbocycles. The van der Waals surface area contributed by atoms with Gasteiger partial charge in [-0.1, -0.05) is 0 Å². The molecule has 0 aromatic heterocycles. The Balaban J connectivity index is 2.28. The van der Waals surface area contributed by atoms with Crippen LogP contribution in [0.1, 0.15) is 39.0 Å². The maximum atomic E-state index is 5.67. The quantitative estimate of drug-likeness (QED) is 0.639. The van der Waals surface area contributed by atoms with E-state index in [0.29, 0.717) is 6.10 Å². The molecule has 0 radical (unpaired) electrons. The van der Waals surface area contributed by atoms with Crippen molar-refractivity contribution < 1.29 is 18.0 Å². The van der Waals surface area contributed by atoms with E-state index in [2.05, 4.69) is 6.92 Å². The van der Waals surface area contributed by atoms with Crippen LogP contribution in [0.5, 0.6) is 0 Å². The second kappa shape index (κ2) is 8.27. The molecule has 1 aliphatic carbocycles. The molecule has 0 saturated heterocycles. The lowest BCUT2D eigenvalue weighted by Gasteiger charge is -2.30. The Morgan fingerprint density at radius 2 is 1.50 bits per heavy atom. The van der Waals surface area contributed by atoms with Crippen LogP contribution in [0.2, 0.25) is 6.04 Å². The second-order valence-electron chi connectivity index (χ2n) is 4.93. The molecule has 1 aliphatic rings. The largest absolute Gasteiger partial charge is 0.500 e. The Morgan fingerprint density at radius 1 is 0.944 bits per heavy atom. The number of rotatable bonds is 8. The Labute approximate surface area is 112 Å². The van der Waals surface area contributed by atoms with Crippen molar-refractivity contribution in [2.24, 2.45) is 5.92 Å². The van der Waals surface area contributed by atoms with Crippen LogP contribution in [0.15, 0.2) is 0 Å². The van der Waals surface area contributed by atoms with Gasteiger partial charge in [-0.3, -0.25) is 0 Å². The summed E-state index contributed by atoms with van der Waals surface area (Å²) in [6.45, 7) is 2.91. The SMILES string of the molecule is CCOC1CCC(CC[Si](OC)(OC)OC)CC1. The first-order chi connectivity index (χ1) is 8.69. The van der Waals surface area contributed by atoms with Crippen molar-refractivity contribution in [1.82, 2.24) is 0 Å². The molecule has 0 amide bonds. The molecule has 1 fully saturated rings. The van der Waals surface area contributed by atoms with Gasteiger partial charge in [0.25, 0.3) is 0 Å². The maximum Gasteiger partial charge on any atom is 0.500 e. The summed E-state index contributed by atoms with van der Waals surface area (Å²) in [6.07, 6.45) is 6.53. The molecule has 18 heavy (non-hydrogen) atoms. The Hall–Kier alpha value is 0.0569. The molecule has 0 aromatic rings. The van der Waals surface area contributed by atoms with Crippen molar-refractivity contribution in [2.75, 3.05) is 27.9 Å². The fourth-order valence-corrected chi connectivity index (χ4v) is 4.63. The molecule has 0 spiro atoms. The average Bonchev–Trinajstić information content (AvgIpc) is 2.43. The molecule has 0 aromatic carbocycles. The van der Waals surface area contributed by atoms with Gasteiger partial charge in [0.2, 0.25) is 0 Å². The van der Waals surface area contributed by atoms with Crippen LogP contribution in [0.4, 0.5) is 0 Å². The third kappa shape index (κ3) is 4.62. The Morgan fingerprint density at radius 3 is 1.94 bits per heavy atom. The molecule has 0 bridgehead atoms. The molecule has 1 rings (SSSR count). The van der Waals surface area contributed by atoms with Crippen LogP contribution in [0.3, 0.4) is 0 Å². The molecule has 0 N–H and O–H groups in total. The average molecular weight is 276 g/mol. The summed E-state index contributed by atoms with van der Waals surface area (Å²) in [5.74, 6) is 0.772. The van der Waals surface area contributed by atoms with Gasteiger partial charge in [-0.05, 0) is 44.9 Å². The zero-order valence-corrected chi connectivity index (χ0v) is 13.2. The lowest BCUT2D eigenvalue weighted by molar-refractivity contribution is 0.0246. The minimum Gasteiger partial charge on any atom is -0.379 e. The molecular weight excluding hydrogens is 248 g/mol. The standard InChI is InChI=1S/C13H28O4Si/c1-5-17-13-8-6-12(7-9-13)10-11-18(14-2,15-3)16-4/h12-13H,5-11H2,1-4H3. The van der Waals surface area contributed by atoms with E-state index in [1.54, 1.807) is 21.3 Å². The lowest BCUT2D eigenvalue weighted by Crippen LogP contribution is -2.43. The van der Waals surface area contributed by atoms with Gasteiger partial charge >= 0.3 is 8.80 Å². The third-order valence-corrected chi connectivity index (χ3v) is 6.76. The van der Waals surface area contributed by atoms with E-state index in [-0.39, 0.29) is 0 Å². The monoisotopic (exact) mass is 276 g/mol. The lowest BCUT2D eigenvalue weighted by atomic mass is 9.86. The van der Waals surface area contributed by atoms with Crippen molar-refractivity contribution >= 4 is 8.80 Å². The van der Waals surface area contributed by atoms with Crippen molar-refractivity contribution in [3.8, 4) is 0 Å². The zero-order chi connectivity index (χ0) is 13.4. The predicted octanol–water partition coefficient (Wildman–Crippen LogP) is 2.85. The number of hydrogen-bond acceptors (Lipinski definition) is 4. The predicted molar refractivity (Wildman–Crippen MR) is 73.6 cm³/mol. The molecule has 0 aliphatic heterocycles. The smallest absolute Gasteiger partial charge is 0.379 e. The van der Waals surface area contributed by atoms with Gasteiger partial charge in [0, 0.05) is 34.0 Å². The molecule has 108 valence electrons. The zero-order valence-electron chi connectivity index (χ0n) is 12.2. The molecule has 5 heteroatoms. The fourth-order valence-electron chi connectivity index (χ4n) is 2.76. The van der Waals surface area contributed by atoms with E-state index >= 15 is 0 Å². The van der Waals surface area contributed by atoms with Gasteiger partial charge < -0.3 is 18.0 Å². The summed E-state index contributed by atoms with van der Waals surface area (Å²) >= 11 is 0. The minimum absolute atomic E-state index is 0.487. The molecular formula is C13H28O4Si. The fraction of sp³-hybridized carbons (Fsp3) is 1.00. The molecule has 0 atom stereocenters. The number of ether oxygens (including phenoxy) is 1. The highest BCUT2D eigenvalue weighted by molar-refractivity contribution is 6.60. The summed E-state index contributed by atoms with van der Waals surface area (Å²) in [6, 6.07) is 0.917. The van der Waals surface area contributed by atoms with Crippen LogP contribution >= 0.6 is 0 Å². The second-order valence-corrected chi connectivity index (χ2v) is 8.02. The van der Waals surface area contributed by atoms with Crippen molar-refractivity contribution in [1.29, 1.82) is 0 Å². The van der Waals surface area contributed by atoms with Crippen LogP contribution in [0, 0.1) is 5.92 Å². The van der Waals surface area contributed by atoms with E-state index in [1.165, 1.54) is 25.7 Å². The third-order valence-electron chi connectivity index (χ3n) is 3.99. The van der Waals surface area contributed by atoms with Gasteiger partial charge in [-0.2, -0.15) is 0 Å². The van der Waals surface area contributed by atoms with Crippen molar-refractivity contribution in [3.63, 3.8) is 0 Å². The summed E-state index contributed by atoms with van der Waals surface area (Å²) in [5.41, 5.74) is 0. The molecule has 4 nitrogen and oxygen atoms in total. The molecule has 0 heterocycles. The first-order valence-corrected chi connectivity index (χ1v) is 8.90. The van der Waals surface area contributed by atoms with E-state index < -0.39 is 8.80 Å². The summed E-state index contributed by atoms with van der Waals surface area (Å²) < 4.78 is 22.0. The van der Waals surface area contributed by atoms with E-state index in [4.69, 9.17) is 18.0 Å². The normalized spacial score (nSPS) is 25.3. The summed E-state index contributed by atoms with van der Waals surface area (Å²) in [5, 5.41) is 0. The molecule has 0 unspecified atom stereocenters. The van der Waals surface area contributed by atoms with Gasteiger partial charge in [-0.25, -0.2) is 0 Å². The number of hydrogen-bond donors (Lipinski definition) is 0. The van der Waals surface area contributed by atoms with Gasteiger partial charge in [0.1, 0.15) is 0 Å². The van der Waals surface area contributed by atoms with Gasteiger partial charge in [0.15, 0.2) is 0 Å². The minimum atomic E-state index is -2.36. The van der Waals surface area contributed by atoms with E-state index in [9.17, 15) is 0 Å². The first-order valence-electron chi connectivity index (χ1n) is 6.96. The first kappa shape index (κ1) is 16.1. The van der Waals surface area contributed by atoms with Crippen LogP contribution in [-0.2, 0) is 18.0 Å². The van der Waals surface area contributed by atoms with Crippen molar-refractivity contribution in [2.45, 2.75) is 51.2 Å². The summed E-state index contributed by atoms with van der Waals surface area (Å²) in [7, 11) is 2.69. The highest BCUT2D eigenvalue weighted by atomic mass is 28.4. The van der Waals surface area contributed by atoms with E-state index in [1.807, 2.05) is 0 Å². The Kier molecular flexibility index (Phi) is 7.40. The van der Waals surface area contributed by atoms with Crippen molar-refractivity contribution in [3.05, 3.63) is 0 Å². The van der Waals surface area contributed by atoms with Crippen LogP contribution in [0.25, 0.3) is 0 Å². The van der Waals surface area contributed by atoms with Gasteiger partial charge in [-0.15, -0.1) is 0 Å². The van der Waals surface area contributed by atoms with Crippen LogP contribution in [-0.4, -0.2) is 42.8 Å². The highest BCUT2D eigenvalue weighted by Gasteiger charge is 2.38. The van der Waals surface area contributed by atoms with Crippen LogP contribution < -0.4 is 0 Å². The van der Waals surface area contributed by atoms with E-state index in [0.717, 1.165) is 25.0 Å². The topological polar surface area (TPSA) is 36.9 Å². The summed E-state index contributed by atoms with van der Waals surface area (Å²) in [4.78, 5) is 0.